The standard InChI is InChI=1S/C11H14FN3.C2H6/c12-10-7-14-11(15-8-10)2-1-9-3-5-13-6-4-9;1-2/h1-2,7-9,13H,3-6H2;1-2H3/b2-1-;. The van der Waals surface area contributed by atoms with Gasteiger partial charge in [0.15, 0.2) is 11.6 Å². The van der Waals surface area contributed by atoms with Gasteiger partial charge in [0.05, 0.1) is 12.4 Å². The molecule has 0 unspecified atom stereocenters. The Balaban J connectivity index is 0.000000686. The molecule has 0 bridgehead atoms. The van der Waals surface area contributed by atoms with Gasteiger partial charge in [-0.3, -0.25) is 0 Å². The van der Waals surface area contributed by atoms with Gasteiger partial charge in [0.2, 0.25) is 0 Å². The average Bonchev–Trinajstić information content (AvgIpc) is 2.42. The number of hydrogen-bond acceptors (Lipinski definition) is 3. The predicted octanol–water partition coefficient (Wildman–Crippen LogP) is 2.65. The Morgan fingerprint density at radius 2 is 1.82 bits per heavy atom. The number of piperidine rings is 1. The summed E-state index contributed by atoms with van der Waals surface area (Å²) in [5.41, 5.74) is 0. The van der Waals surface area contributed by atoms with Gasteiger partial charge in [-0.2, -0.15) is 0 Å². The second-order valence-corrected chi connectivity index (χ2v) is 3.71. The van der Waals surface area contributed by atoms with E-state index in [1.54, 1.807) is 0 Å². The molecule has 0 radical (unpaired) electrons. The molecule has 94 valence electrons. The number of aromatic nitrogens is 2. The van der Waals surface area contributed by atoms with Crippen LogP contribution in [0.4, 0.5) is 4.39 Å². The second-order valence-electron chi connectivity index (χ2n) is 3.71. The van der Waals surface area contributed by atoms with Crippen molar-refractivity contribution in [2.45, 2.75) is 26.7 Å². The van der Waals surface area contributed by atoms with E-state index in [9.17, 15) is 4.39 Å². The van der Waals surface area contributed by atoms with Crippen LogP contribution in [0.3, 0.4) is 0 Å². The molecule has 17 heavy (non-hydrogen) atoms. The third kappa shape index (κ3) is 5.04. The summed E-state index contributed by atoms with van der Waals surface area (Å²) >= 11 is 0. The highest BCUT2D eigenvalue weighted by molar-refractivity contribution is 5.39. The molecule has 0 aromatic carbocycles. The van der Waals surface area contributed by atoms with E-state index in [0.717, 1.165) is 25.9 Å². The van der Waals surface area contributed by atoms with Crippen molar-refractivity contribution in [1.29, 1.82) is 0 Å². The van der Waals surface area contributed by atoms with Gasteiger partial charge in [0.25, 0.3) is 0 Å². The summed E-state index contributed by atoms with van der Waals surface area (Å²) in [7, 11) is 0. The highest BCUT2D eigenvalue weighted by Crippen LogP contribution is 2.13. The molecule has 1 saturated heterocycles. The highest BCUT2D eigenvalue weighted by atomic mass is 19.1. The van der Waals surface area contributed by atoms with Gasteiger partial charge in [-0.1, -0.05) is 19.9 Å². The van der Waals surface area contributed by atoms with Crippen LogP contribution in [0.5, 0.6) is 0 Å². The summed E-state index contributed by atoms with van der Waals surface area (Å²) in [4.78, 5) is 7.75. The summed E-state index contributed by atoms with van der Waals surface area (Å²) in [5.74, 6) is 0.781. The Morgan fingerprint density at radius 1 is 1.24 bits per heavy atom. The first-order chi connectivity index (χ1) is 8.34. The average molecular weight is 237 g/mol. The van der Waals surface area contributed by atoms with Crippen LogP contribution >= 0.6 is 0 Å². The molecule has 2 heterocycles. The van der Waals surface area contributed by atoms with E-state index in [-0.39, 0.29) is 0 Å². The molecule has 1 aliphatic heterocycles. The van der Waals surface area contributed by atoms with E-state index in [2.05, 4.69) is 21.4 Å². The largest absolute Gasteiger partial charge is 0.317 e. The lowest BCUT2D eigenvalue weighted by Gasteiger charge is -2.18. The monoisotopic (exact) mass is 237 g/mol. The van der Waals surface area contributed by atoms with Crippen molar-refractivity contribution >= 4 is 6.08 Å². The minimum atomic E-state index is -0.394. The maximum atomic E-state index is 12.5. The van der Waals surface area contributed by atoms with Gasteiger partial charge < -0.3 is 5.32 Å². The Kier molecular flexibility index (Phi) is 6.40. The molecule has 0 atom stereocenters. The zero-order chi connectivity index (χ0) is 12.5. The van der Waals surface area contributed by atoms with Gasteiger partial charge in [0, 0.05) is 0 Å². The van der Waals surface area contributed by atoms with Crippen molar-refractivity contribution in [2.75, 3.05) is 13.1 Å². The van der Waals surface area contributed by atoms with Crippen LogP contribution in [0.2, 0.25) is 0 Å². The first-order valence-electron chi connectivity index (χ1n) is 6.21. The normalized spacial score (nSPS) is 16.6. The van der Waals surface area contributed by atoms with E-state index in [4.69, 9.17) is 0 Å². The van der Waals surface area contributed by atoms with Crippen LogP contribution in [0.15, 0.2) is 18.5 Å². The Morgan fingerprint density at radius 3 is 2.41 bits per heavy atom. The lowest BCUT2D eigenvalue weighted by atomic mass is 9.98. The molecule has 4 heteroatoms. The van der Waals surface area contributed by atoms with Gasteiger partial charge in [-0.15, -0.1) is 0 Å². The van der Waals surface area contributed by atoms with E-state index in [1.807, 2.05) is 19.9 Å². The Hall–Kier alpha value is -1.29. The maximum Gasteiger partial charge on any atom is 0.159 e. The van der Waals surface area contributed by atoms with Crippen LogP contribution in [-0.4, -0.2) is 23.1 Å². The van der Waals surface area contributed by atoms with E-state index >= 15 is 0 Å². The van der Waals surface area contributed by atoms with Crippen LogP contribution in [0, 0.1) is 11.7 Å². The third-order valence-electron chi connectivity index (χ3n) is 2.54. The zero-order valence-electron chi connectivity index (χ0n) is 10.5. The van der Waals surface area contributed by atoms with Crippen LogP contribution < -0.4 is 5.32 Å². The molecule has 1 aromatic heterocycles. The number of rotatable bonds is 2. The first kappa shape index (κ1) is 13.8. The van der Waals surface area contributed by atoms with Crippen molar-refractivity contribution in [3.8, 4) is 0 Å². The Labute approximate surface area is 102 Å². The number of hydrogen-bond donors (Lipinski definition) is 1. The number of halogens is 1. The second kappa shape index (κ2) is 7.90. The van der Waals surface area contributed by atoms with E-state index < -0.39 is 5.82 Å². The van der Waals surface area contributed by atoms with E-state index in [1.165, 1.54) is 12.4 Å². The molecule has 0 amide bonds. The van der Waals surface area contributed by atoms with Crippen molar-refractivity contribution < 1.29 is 4.39 Å². The molecule has 1 aliphatic rings. The molecular formula is C13H20FN3. The van der Waals surface area contributed by atoms with Gasteiger partial charge >= 0.3 is 0 Å². The number of allylic oxidation sites excluding steroid dienone is 1. The minimum Gasteiger partial charge on any atom is -0.317 e. The summed E-state index contributed by atoms with van der Waals surface area (Å²) in [6.07, 6.45) is 8.67. The lowest BCUT2D eigenvalue weighted by Crippen LogP contribution is -2.26. The fourth-order valence-electron chi connectivity index (χ4n) is 1.67. The molecular weight excluding hydrogens is 217 g/mol. The van der Waals surface area contributed by atoms with Gasteiger partial charge in [-0.05, 0) is 37.9 Å². The fourth-order valence-corrected chi connectivity index (χ4v) is 1.67. The molecule has 0 saturated carbocycles. The van der Waals surface area contributed by atoms with Crippen LogP contribution in [-0.2, 0) is 0 Å². The van der Waals surface area contributed by atoms with Crippen molar-refractivity contribution in [1.82, 2.24) is 15.3 Å². The maximum absolute atomic E-state index is 12.5. The molecule has 3 nitrogen and oxygen atoms in total. The summed E-state index contributed by atoms with van der Waals surface area (Å²) in [6, 6.07) is 0. The summed E-state index contributed by atoms with van der Waals surface area (Å²) < 4.78 is 12.5. The van der Waals surface area contributed by atoms with Gasteiger partial charge in [0.1, 0.15) is 0 Å². The molecule has 2 rings (SSSR count). The first-order valence-corrected chi connectivity index (χ1v) is 6.21. The summed E-state index contributed by atoms with van der Waals surface area (Å²) in [6.45, 7) is 6.14. The van der Waals surface area contributed by atoms with Gasteiger partial charge in [-0.25, -0.2) is 14.4 Å². The number of nitrogens with one attached hydrogen (secondary N) is 1. The van der Waals surface area contributed by atoms with Crippen LogP contribution in [0.1, 0.15) is 32.5 Å². The molecule has 0 spiro atoms. The highest BCUT2D eigenvalue weighted by Gasteiger charge is 2.08. The van der Waals surface area contributed by atoms with E-state index in [0.29, 0.717) is 11.7 Å². The molecule has 1 N–H and O–H groups in total. The predicted molar refractivity (Wildman–Crippen MR) is 68.0 cm³/mol. The van der Waals surface area contributed by atoms with Crippen molar-refractivity contribution in [3.63, 3.8) is 0 Å². The lowest BCUT2D eigenvalue weighted by molar-refractivity contribution is 0.437. The van der Waals surface area contributed by atoms with Crippen molar-refractivity contribution in [3.05, 3.63) is 30.1 Å². The minimum absolute atomic E-state index is 0.394. The van der Waals surface area contributed by atoms with Crippen LogP contribution in [0.25, 0.3) is 6.08 Å². The molecule has 0 aliphatic carbocycles. The third-order valence-corrected chi connectivity index (χ3v) is 2.54. The summed E-state index contributed by atoms with van der Waals surface area (Å²) in [5, 5.41) is 3.31. The topological polar surface area (TPSA) is 37.8 Å². The Bertz CT molecular complexity index is 329. The smallest absolute Gasteiger partial charge is 0.159 e. The number of nitrogens with zero attached hydrogens (tertiary/aromatic N) is 2. The quantitative estimate of drug-likeness (QED) is 0.859. The molecule has 1 fully saturated rings. The van der Waals surface area contributed by atoms with Crippen molar-refractivity contribution in [2.24, 2.45) is 5.92 Å². The SMILES string of the molecule is CC.Fc1cnc(/C=C\C2CCNCC2)nc1. The fraction of sp³-hybridized carbons (Fsp3) is 0.538. The zero-order valence-corrected chi connectivity index (χ0v) is 10.5. The molecule has 1 aromatic rings.